The third-order valence-corrected chi connectivity index (χ3v) is 6.45. The molecule has 3 aliphatic rings. The normalized spacial score (nSPS) is 61.3. The van der Waals surface area contributed by atoms with Crippen LogP contribution in [0.5, 0.6) is 0 Å². The van der Waals surface area contributed by atoms with E-state index in [9.17, 15) is 35.7 Å². The topological polar surface area (TPSA) is 151 Å². The van der Waals surface area contributed by atoms with Crippen LogP contribution in [-0.4, -0.2) is 89.7 Å². The maximum atomic E-state index is 11.0. The van der Waals surface area contributed by atoms with Gasteiger partial charge >= 0.3 is 0 Å². The summed E-state index contributed by atoms with van der Waals surface area (Å²) >= 11 is 0. The summed E-state index contributed by atoms with van der Waals surface area (Å²) in [6.45, 7) is 3.65. The van der Waals surface area contributed by atoms with Crippen molar-refractivity contribution in [2.24, 2.45) is 11.3 Å². The molecule has 8 nitrogen and oxygen atoms in total. The molecule has 0 amide bonds. The minimum atomic E-state index is -2.03. The van der Waals surface area contributed by atoms with Gasteiger partial charge in [0.2, 0.25) is 0 Å². The Labute approximate surface area is 134 Å². The van der Waals surface area contributed by atoms with Gasteiger partial charge in [-0.3, -0.25) is 0 Å². The Hall–Kier alpha value is -0.320. The Bertz CT molecular complexity index is 508. The van der Waals surface area contributed by atoms with E-state index in [1.807, 2.05) is 0 Å². The summed E-state index contributed by atoms with van der Waals surface area (Å²) in [6.07, 6.45) is -8.10. The molecule has 0 aromatic carbocycles. The first kappa shape index (κ1) is 17.5. The molecule has 2 aliphatic carbocycles. The zero-order valence-corrected chi connectivity index (χ0v) is 13.4. The number of rotatable bonds is 1. The van der Waals surface area contributed by atoms with Gasteiger partial charge in [0.1, 0.15) is 5.60 Å². The van der Waals surface area contributed by atoms with Gasteiger partial charge in [0.25, 0.3) is 0 Å². The molecule has 2 saturated carbocycles. The molecule has 1 heterocycles. The second kappa shape index (κ2) is 4.64. The predicted octanol–water partition coefficient (Wildman–Crippen LogP) is -2.90. The second-order valence-electron chi connectivity index (χ2n) is 8.04. The van der Waals surface area contributed by atoms with Gasteiger partial charge in [0.15, 0.2) is 0 Å². The van der Waals surface area contributed by atoms with Crippen LogP contribution in [0.25, 0.3) is 0 Å². The van der Waals surface area contributed by atoms with Crippen LogP contribution < -0.4 is 0 Å². The summed E-state index contributed by atoms with van der Waals surface area (Å²) < 4.78 is 5.99. The summed E-state index contributed by atoms with van der Waals surface area (Å²) in [5.74, 6) is -0.925. The fourth-order valence-electron chi connectivity index (χ4n) is 5.51. The molecule has 8 heteroatoms. The Morgan fingerprint density at radius 1 is 0.957 bits per heavy atom. The molecule has 3 rings (SSSR count). The fourth-order valence-corrected chi connectivity index (χ4v) is 5.51. The van der Waals surface area contributed by atoms with E-state index in [0.717, 1.165) is 0 Å². The van der Waals surface area contributed by atoms with Gasteiger partial charge in [-0.1, -0.05) is 0 Å². The van der Waals surface area contributed by atoms with Crippen LogP contribution in [0.4, 0.5) is 0 Å². The minimum Gasteiger partial charge on any atom is -0.395 e. The van der Waals surface area contributed by atoms with Crippen LogP contribution in [0.15, 0.2) is 0 Å². The zero-order valence-electron chi connectivity index (χ0n) is 13.4. The minimum absolute atomic E-state index is 0.307. The molecule has 0 aromatic rings. The van der Waals surface area contributed by atoms with Crippen LogP contribution in [0.1, 0.15) is 27.2 Å². The largest absolute Gasteiger partial charge is 0.395 e. The highest BCUT2D eigenvalue weighted by atomic mass is 16.6. The van der Waals surface area contributed by atoms with Crippen molar-refractivity contribution in [3.63, 3.8) is 0 Å². The van der Waals surface area contributed by atoms with Gasteiger partial charge in [0.05, 0.1) is 53.7 Å². The molecule has 2 bridgehead atoms. The number of hydrogen-bond donors (Lipinski definition) is 7. The average molecular weight is 334 g/mol. The van der Waals surface area contributed by atoms with Crippen molar-refractivity contribution in [2.75, 3.05) is 6.61 Å². The molecular formula is C15H26O8. The molecule has 0 radical (unpaired) electrons. The lowest BCUT2D eigenvalue weighted by molar-refractivity contribution is -0.362. The van der Waals surface area contributed by atoms with Crippen molar-refractivity contribution in [1.82, 2.24) is 0 Å². The van der Waals surface area contributed by atoms with Crippen LogP contribution in [0.3, 0.4) is 0 Å². The van der Waals surface area contributed by atoms with Gasteiger partial charge < -0.3 is 40.5 Å². The van der Waals surface area contributed by atoms with Crippen molar-refractivity contribution in [3.8, 4) is 0 Å². The number of aliphatic hydroxyl groups is 7. The van der Waals surface area contributed by atoms with Crippen molar-refractivity contribution >= 4 is 0 Å². The van der Waals surface area contributed by atoms with Gasteiger partial charge in [-0.15, -0.1) is 0 Å². The van der Waals surface area contributed by atoms with E-state index < -0.39 is 65.3 Å². The smallest absolute Gasteiger partial charge is 0.136 e. The summed E-state index contributed by atoms with van der Waals surface area (Å²) in [5, 5.41) is 73.8. The van der Waals surface area contributed by atoms with Crippen LogP contribution in [-0.2, 0) is 4.74 Å². The number of fused-ring (bicyclic) bond motifs is 1. The summed E-state index contributed by atoms with van der Waals surface area (Å²) in [7, 11) is 0. The van der Waals surface area contributed by atoms with Crippen molar-refractivity contribution in [2.45, 2.75) is 74.5 Å². The lowest BCUT2D eigenvalue weighted by Crippen LogP contribution is -2.84. The first-order valence-electron chi connectivity index (χ1n) is 7.84. The number of hydrogen-bond acceptors (Lipinski definition) is 8. The quantitative estimate of drug-likeness (QED) is 0.270. The molecule has 0 aromatic heterocycles. The molecule has 23 heavy (non-hydrogen) atoms. The standard InChI is InChI=1S/C15H26O8/c1-12(2)7-8(18)11(21)14(5-16)9(19)6(17)4-13(3,22)15(14,23-12)10(7)20/h6-11,16-22H,4-5H2,1-3H3/t6-,7+,8+,9-,10-,11-,13-,14-,15-/m0/s1. The lowest BCUT2D eigenvalue weighted by Gasteiger charge is -2.65. The van der Waals surface area contributed by atoms with E-state index in [2.05, 4.69) is 0 Å². The second-order valence-corrected chi connectivity index (χ2v) is 8.04. The molecule has 134 valence electrons. The van der Waals surface area contributed by atoms with E-state index in [0.29, 0.717) is 0 Å². The molecule has 7 N–H and O–H groups in total. The Morgan fingerprint density at radius 2 is 1.52 bits per heavy atom. The highest BCUT2D eigenvalue weighted by Gasteiger charge is 2.84. The highest BCUT2D eigenvalue weighted by Crippen LogP contribution is 2.66. The first-order valence-corrected chi connectivity index (χ1v) is 7.84. The molecule has 9 atom stereocenters. The van der Waals surface area contributed by atoms with Gasteiger partial charge in [-0.25, -0.2) is 0 Å². The maximum Gasteiger partial charge on any atom is 0.136 e. The molecular weight excluding hydrogens is 308 g/mol. The number of aliphatic hydroxyl groups excluding tert-OH is 6. The Balaban J connectivity index is 2.33. The van der Waals surface area contributed by atoms with E-state index >= 15 is 0 Å². The molecule has 1 saturated heterocycles. The van der Waals surface area contributed by atoms with E-state index in [4.69, 9.17) is 4.74 Å². The Kier molecular flexibility index (Phi) is 3.53. The predicted molar refractivity (Wildman–Crippen MR) is 76.2 cm³/mol. The maximum absolute atomic E-state index is 11.0. The third-order valence-electron chi connectivity index (χ3n) is 6.45. The van der Waals surface area contributed by atoms with E-state index in [1.54, 1.807) is 13.8 Å². The molecule has 1 aliphatic heterocycles. The van der Waals surface area contributed by atoms with Crippen LogP contribution >= 0.6 is 0 Å². The summed E-state index contributed by atoms with van der Waals surface area (Å²) in [4.78, 5) is 0. The van der Waals surface area contributed by atoms with Crippen molar-refractivity contribution < 1.29 is 40.5 Å². The fraction of sp³-hybridized carbons (Fsp3) is 1.00. The average Bonchev–Trinajstić information content (AvgIpc) is 2.61. The van der Waals surface area contributed by atoms with Gasteiger partial charge in [0, 0.05) is 12.3 Å². The monoisotopic (exact) mass is 334 g/mol. The van der Waals surface area contributed by atoms with E-state index in [-0.39, 0.29) is 6.42 Å². The van der Waals surface area contributed by atoms with Crippen LogP contribution in [0.2, 0.25) is 0 Å². The van der Waals surface area contributed by atoms with Gasteiger partial charge in [-0.2, -0.15) is 0 Å². The zero-order chi connectivity index (χ0) is 17.6. The molecule has 0 unspecified atom stereocenters. The summed E-state index contributed by atoms with van der Waals surface area (Å²) in [5.41, 5.74) is -6.93. The van der Waals surface area contributed by atoms with Crippen molar-refractivity contribution in [1.29, 1.82) is 0 Å². The molecule has 1 spiro atoms. The van der Waals surface area contributed by atoms with Crippen molar-refractivity contribution in [3.05, 3.63) is 0 Å². The molecule has 3 fully saturated rings. The Morgan fingerprint density at radius 3 is 2.04 bits per heavy atom. The third kappa shape index (κ3) is 1.63. The highest BCUT2D eigenvalue weighted by molar-refractivity contribution is 5.32. The number of ether oxygens (including phenoxy) is 1. The van der Waals surface area contributed by atoms with Gasteiger partial charge in [-0.05, 0) is 20.8 Å². The first-order chi connectivity index (χ1) is 10.4. The van der Waals surface area contributed by atoms with Crippen LogP contribution in [0, 0.1) is 11.3 Å². The summed E-state index contributed by atoms with van der Waals surface area (Å²) in [6, 6.07) is 0. The SMILES string of the molecule is CC1(C)O[C@]23[C@@H](O)[C@H]1[C@@H](O)[C@H](O)[C@]2(CO)[C@@H](O)[C@@H](O)C[C@]3(C)O. The lowest BCUT2D eigenvalue weighted by atomic mass is 9.46. The van der Waals surface area contributed by atoms with E-state index in [1.165, 1.54) is 6.92 Å².